The van der Waals surface area contributed by atoms with Crippen molar-refractivity contribution in [2.45, 2.75) is 39.5 Å². The Labute approximate surface area is 110 Å². The summed E-state index contributed by atoms with van der Waals surface area (Å²) >= 11 is 0. The van der Waals surface area contributed by atoms with Crippen LogP contribution in [0.1, 0.15) is 31.4 Å². The van der Waals surface area contributed by atoms with Crippen LogP contribution in [0.15, 0.2) is 24.3 Å². The van der Waals surface area contributed by atoms with Crippen molar-refractivity contribution in [2.24, 2.45) is 0 Å². The third kappa shape index (κ3) is 6.15. The second-order valence-electron chi connectivity index (χ2n) is 4.65. The Morgan fingerprint density at radius 2 is 1.89 bits per heavy atom. The van der Waals surface area contributed by atoms with E-state index in [1.54, 1.807) is 7.11 Å². The van der Waals surface area contributed by atoms with Gasteiger partial charge in [0, 0.05) is 20.3 Å². The summed E-state index contributed by atoms with van der Waals surface area (Å²) in [6.45, 7) is 7.50. The van der Waals surface area contributed by atoms with E-state index in [-0.39, 0.29) is 0 Å². The molecule has 0 unspecified atom stereocenters. The molecule has 1 N–H and O–H groups in total. The molecule has 0 spiro atoms. The zero-order chi connectivity index (χ0) is 13.2. The molecule has 0 radical (unpaired) electrons. The lowest BCUT2D eigenvalue weighted by molar-refractivity contribution is 0.0770. The van der Waals surface area contributed by atoms with Crippen LogP contribution in [0.3, 0.4) is 0 Å². The summed E-state index contributed by atoms with van der Waals surface area (Å²) in [5.74, 6) is 0. The summed E-state index contributed by atoms with van der Waals surface area (Å²) < 4.78 is 10.7. The molecule has 0 aliphatic rings. The minimum absolute atomic E-state index is 0.326. The third-order valence-corrected chi connectivity index (χ3v) is 2.68. The Kier molecular flexibility index (Phi) is 7.65. The molecule has 0 saturated heterocycles. The minimum atomic E-state index is 0.326. The first-order chi connectivity index (χ1) is 8.74. The van der Waals surface area contributed by atoms with E-state index in [1.165, 1.54) is 11.1 Å². The molecule has 0 atom stereocenters. The third-order valence-electron chi connectivity index (χ3n) is 2.68. The van der Waals surface area contributed by atoms with Crippen LogP contribution in [-0.4, -0.2) is 26.4 Å². The number of nitrogens with one attached hydrogen (secondary N) is 1. The fourth-order valence-corrected chi connectivity index (χ4v) is 1.77. The highest BCUT2D eigenvalue weighted by Crippen LogP contribution is 2.09. The first-order valence-electron chi connectivity index (χ1n) is 6.62. The van der Waals surface area contributed by atoms with Gasteiger partial charge in [-0.3, -0.25) is 0 Å². The average Bonchev–Trinajstić information content (AvgIpc) is 2.35. The van der Waals surface area contributed by atoms with Crippen molar-refractivity contribution in [3.8, 4) is 0 Å². The number of hydrogen-bond donors (Lipinski definition) is 1. The van der Waals surface area contributed by atoms with Gasteiger partial charge in [0.05, 0.1) is 12.7 Å². The molecule has 18 heavy (non-hydrogen) atoms. The van der Waals surface area contributed by atoms with E-state index in [2.05, 4.69) is 37.4 Å². The van der Waals surface area contributed by atoms with E-state index in [0.717, 1.165) is 26.1 Å². The Morgan fingerprint density at radius 3 is 2.56 bits per heavy atom. The van der Waals surface area contributed by atoms with Crippen LogP contribution in [0.25, 0.3) is 0 Å². The summed E-state index contributed by atoms with van der Waals surface area (Å²) in [7, 11) is 1.73. The maximum absolute atomic E-state index is 5.50. The Balaban J connectivity index is 2.22. The lowest BCUT2D eigenvalue weighted by Crippen LogP contribution is -2.18. The Bertz CT molecular complexity index is 326. The lowest BCUT2D eigenvalue weighted by Gasteiger charge is -2.11. The molecular weight excluding hydrogens is 226 g/mol. The molecule has 0 saturated carbocycles. The fraction of sp³-hybridized carbons (Fsp3) is 0.600. The summed E-state index contributed by atoms with van der Waals surface area (Å²) in [5.41, 5.74) is 2.56. The highest BCUT2D eigenvalue weighted by Gasteiger charge is 2.00. The van der Waals surface area contributed by atoms with E-state index in [0.29, 0.717) is 12.7 Å². The SMILES string of the molecule is COCc1ccccc1CNCCCOC(C)C. The molecule has 0 fully saturated rings. The van der Waals surface area contributed by atoms with E-state index in [1.807, 2.05) is 6.07 Å². The van der Waals surface area contributed by atoms with Crippen LogP contribution in [-0.2, 0) is 22.6 Å². The summed E-state index contributed by atoms with van der Waals surface area (Å²) in [6.07, 6.45) is 1.37. The van der Waals surface area contributed by atoms with Crippen molar-refractivity contribution >= 4 is 0 Å². The van der Waals surface area contributed by atoms with Crippen LogP contribution in [0.4, 0.5) is 0 Å². The molecule has 102 valence electrons. The quantitative estimate of drug-likeness (QED) is 0.685. The van der Waals surface area contributed by atoms with Crippen LogP contribution in [0, 0.1) is 0 Å². The fourth-order valence-electron chi connectivity index (χ4n) is 1.77. The summed E-state index contributed by atoms with van der Waals surface area (Å²) in [6, 6.07) is 8.38. The molecule has 3 nitrogen and oxygen atoms in total. The average molecular weight is 251 g/mol. The standard InChI is InChI=1S/C15H25NO2/c1-13(2)18-10-6-9-16-11-14-7-4-5-8-15(14)12-17-3/h4-5,7-8,13,16H,6,9-12H2,1-3H3. The first-order valence-corrected chi connectivity index (χ1v) is 6.62. The monoisotopic (exact) mass is 251 g/mol. The van der Waals surface area contributed by atoms with Gasteiger partial charge in [0.15, 0.2) is 0 Å². The molecule has 0 heterocycles. The highest BCUT2D eigenvalue weighted by molar-refractivity contribution is 5.26. The molecule has 1 aromatic carbocycles. The summed E-state index contributed by atoms with van der Waals surface area (Å²) in [5, 5.41) is 3.44. The van der Waals surface area contributed by atoms with Crippen molar-refractivity contribution in [2.75, 3.05) is 20.3 Å². The van der Waals surface area contributed by atoms with E-state index in [4.69, 9.17) is 9.47 Å². The van der Waals surface area contributed by atoms with E-state index >= 15 is 0 Å². The molecule has 0 bridgehead atoms. The number of methoxy groups -OCH3 is 1. The highest BCUT2D eigenvalue weighted by atomic mass is 16.5. The van der Waals surface area contributed by atoms with Gasteiger partial charge in [-0.25, -0.2) is 0 Å². The van der Waals surface area contributed by atoms with Crippen LogP contribution in [0.5, 0.6) is 0 Å². The molecule has 0 aliphatic carbocycles. The van der Waals surface area contributed by atoms with Crippen LogP contribution < -0.4 is 5.32 Å². The molecule has 0 aromatic heterocycles. The number of ether oxygens (including phenoxy) is 2. The van der Waals surface area contributed by atoms with Gasteiger partial charge in [0.1, 0.15) is 0 Å². The van der Waals surface area contributed by atoms with Gasteiger partial charge in [-0.15, -0.1) is 0 Å². The predicted molar refractivity (Wildman–Crippen MR) is 74.6 cm³/mol. The number of benzene rings is 1. The maximum atomic E-state index is 5.50. The maximum Gasteiger partial charge on any atom is 0.0716 e. The Hall–Kier alpha value is -0.900. The topological polar surface area (TPSA) is 30.5 Å². The van der Waals surface area contributed by atoms with Gasteiger partial charge < -0.3 is 14.8 Å². The predicted octanol–water partition coefficient (Wildman–Crippen LogP) is 2.74. The number of hydrogen-bond acceptors (Lipinski definition) is 3. The lowest BCUT2D eigenvalue weighted by atomic mass is 10.1. The van der Waals surface area contributed by atoms with Crippen molar-refractivity contribution in [1.29, 1.82) is 0 Å². The largest absolute Gasteiger partial charge is 0.380 e. The summed E-state index contributed by atoms with van der Waals surface area (Å²) in [4.78, 5) is 0. The van der Waals surface area contributed by atoms with Gasteiger partial charge in [0.25, 0.3) is 0 Å². The normalized spacial score (nSPS) is 11.1. The molecule has 0 aliphatic heterocycles. The molecular formula is C15H25NO2. The van der Waals surface area contributed by atoms with Crippen molar-refractivity contribution in [1.82, 2.24) is 5.32 Å². The zero-order valence-electron chi connectivity index (χ0n) is 11.7. The zero-order valence-corrected chi connectivity index (χ0v) is 11.7. The van der Waals surface area contributed by atoms with Crippen molar-refractivity contribution < 1.29 is 9.47 Å². The molecule has 3 heteroatoms. The van der Waals surface area contributed by atoms with E-state index < -0.39 is 0 Å². The van der Waals surface area contributed by atoms with Crippen molar-refractivity contribution in [3.63, 3.8) is 0 Å². The van der Waals surface area contributed by atoms with Crippen molar-refractivity contribution in [3.05, 3.63) is 35.4 Å². The second kappa shape index (κ2) is 9.09. The van der Waals surface area contributed by atoms with Gasteiger partial charge in [-0.05, 0) is 37.9 Å². The van der Waals surface area contributed by atoms with Gasteiger partial charge in [0.2, 0.25) is 0 Å². The Morgan fingerprint density at radius 1 is 1.17 bits per heavy atom. The molecule has 0 amide bonds. The van der Waals surface area contributed by atoms with Gasteiger partial charge >= 0.3 is 0 Å². The second-order valence-corrected chi connectivity index (χ2v) is 4.65. The molecule has 1 rings (SSSR count). The number of rotatable bonds is 9. The van der Waals surface area contributed by atoms with Crippen LogP contribution in [0.2, 0.25) is 0 Å². The van der Waals surface area contributed by atoms with Gasteiger partial charge in [-0.2, -0.15) is 0 Å². The first kappa shape index (κ1) is 15.2. The molecule has 1 aromatic rings. The van der Waals surface area contributed by atoms with Crippen LogP contribution >= 0.6 is 0 Å². The minimum Gasteiger partial charge on any atom is -0.380 e. The smallest absolute Gasteiger partial charge is 0.0716 e. The van der Waals surface area contributed by atoms with E-state index in [9.17, 15) is 0 Å². The van der Waals surface area contributed by atoms with Gasteiger partial charge in [-0.1, -0.05) is 24.3 Å².